The largest absolute Gasteiger partial charge is 0.311 e. The van der Waals surface area contributed by atoms with Gasteiger partial charge in [-0.15, -0.1) is 0 Å². The maximum Gasteiger partial charge on any atom is 0.252 e. The molecule has 0 radical (unpaired) electrons. The Labute approximate surface area is 434 Å². The van der Waals surface area contributed by atoms with Gasteiger partial charge in [0.25, 0.3) is 6.71 Å². The minimum atomic E-state index is -0.0421. The molecule has 2 nitrogen and oxygen atoms in total. The minimum absolute atomic E-state index is 0.0256. The molecule has 0 atom stereocenters. The highest BCUT2D eigenvalue weighted by Gasteiger charge is 2.48. The van der Waals surface area contributed by atoms with Gasteiger partial charge in [0.15, 0.2) is 0 Å². The van der Waals surface area contributed by atoms with E-state index in [0.717, 1.165) is 0 Å². The van der Waals surface area contributed by atoms with Crippen molar-refractivity contribution in [1.82, 2.24) is 0 Å². The predicted molar refractivity (Wildman–Crippen MR) is 313 cm³/mol. The first-order valence-electron chi connectivity index (χ1n) is 27.3. The standard InChI is InChI=1S/C69H79BN2/c1-43(2)47-36-61-63-62(37-47)72(58-30-26-48(64(3,4)5)38-51(58)46-24-22-45(23-25-46)44-20-18-17-19-21-44)59-31-27-49(65(6,7)8)39-56(59)70(63)57-41-54-55(69(15,16)35-34-68(54,13)14)42-60(57)71(61)50-28-29-52-53(40-50)67(11,12)33-32-66(52,9)10/h17-31,36-43H,32-35H2,1-16H3. The molecule has 2 heterocycles. The summed E-state index contributed by atoms with van der Waals surface area (Å²) in [6.07, 6.45) is 4.72. The van der Waals surface area contributed by atoms with E-state index in [0.29, 0.717) is 5.92 Å². The topological polar surface area (TPSA) is 6.48 Å². The van der Waals surface area contributed by atoms with E-state index in [4.69, 9.17) is 0 Å². The molecule has 11 rings (SSSR count). The average Bonchev–Trinajstić information content (AvgIpc) is 3.33. The second kappa shape index (κ2) is 16.4. The number of rotatable bonds is 5. The van der Waals surface area contributed by atoms with E-state index in [1.54, 1.807) is 0 Å². The van der Waals surface area contributed by atoms with Gasteiger partial charge < -0.3 is 9.80 Å². The zero-order valence-corrected chi connectivity index (χ0v) is 46.6. The van der Waals surface area contributed by atoms with Crippen LogP contribution in [-0.4, -0.2) is 6.71 Å². The van der Waals surface area contributed by atoms with Crippen LogP contribution in [0.3, 0.4) is 0 Å². The van der Waals surface area contributed by atoms with Crippen molar-refractivity contribution in [3.63, 3.8) is 0 Å². The van der Waals surface area contributed by atoms with Crippen LogP contribution in [0.2, 0.25) is 0 Å². The van der Waals surface area contributed by atoms with Crippen molar-refractivity contribution in [1.29, 1.82) is 0 Å². The lowest BCUT2D eigenvalue weighted by atomic mass is 9.33. The third kappa shape index (κ3) is 7.81. The second-order valence-corrected chi connectivity index (χ2v) is 27.4. The number of fused-ring (bicyclic) bond motifs is 6. The highest BCUT2D eigenvalue weighted by Crippen LogP contribution is 2.54. The smallest absolute Gasteiger partial charge is 0.252 e. The van der Waals surface area contributed by atoms with Gasteiger partial charge in [-0.05, 0) is 185 Å². The van der Waals surface area contributed by atoms with E-state index >= 15 is 0 Å². The van der Waals surface area contributed by atoms with Crippen molar-refractivity contribution in [2.45, 2.75) is 175 Å². The zero-order chi connectivity index (χ0) is 51.2. The molecule has 0 aromatic heterocycles. The fraction of sp³-hybridized carbons (Fsp3) is 0.391. The van der Waals surface area contributed by atoms with Crippen LogP contribution in [0, 0.1) is 0 Å². The molecular formula is C69H79BN2. The number of nitrogens with zero attached hydrogens (tertiary/aromatic N) is 2. The molecule has 0 unspecified atom stereocenters. The molecule has 0 N–H and O–H groups in total. The van der Waals surface area contributed by atoms with Crippen molar-refractivity contribution in [3.8, 4) is 22.3 Å². The zero-order valence-electron chi connectivity index (χ0n) is 46.6. The monoisotopic (exact) mass is 947 g/mol. The quantitative estimate of drug-likeness (QED) is 0.159. The Morgan fingerprint density at radius 1 is 0.417 bits per heavy atom. The number of hydrogen-bond donors (Lipinski definition) is 0. The lowest BCUT2D eigenvalue weighted by Gasteiger charge is -2.48. The normalized spacial score (nSPS) is 18.0. The first kappa shape index (κ1) is 48.5. The van der Waals surface area contributed by atoms with Gasteiger partial charge in [0, 0.05) is 34.0 Å². The van der Waals surface area contributed by atoms with Crippen LogP contribution in [0.15, 0.2) is 133 Å². The van der Waals surface area contributed by atoms with Crippen molar-refractivity contribution in [3.05, 3.63) is 172 Å². The van der Waals surface area contributed by atoms with Gasteiger partial charge in [-0.25, -0.2) is 0 Å². The first-order chi connectivity index (χ1) is 33.7. The van der Waals surface area contributed by atoms with Crippen LogP contribution in [-0.2, 0) is 32.5 Å². The van der Waals surface area contributed by atoms with Gasteiger partial charge in [0.2, 0.25) is 0 Å². The van der Waals surface area contributed by atoms with E-state index in [1.807, 2.05) is 0 Å². The molecule has 0 fully saturated rings. The third-order valence-corrected chi connectivity index (χ3v) is 18.1. The fourth-order valence-corrected chi connectivity index (χ4v) is 13.0. The van der Waals surface area contributed by atoms with Crippen LogP contribution >= 0.6 is 0 Å². The molecule has 7 aromatic rings. The molecule has 7 aromatic carbocycles. The second-order valence-electron chi connectivity index (χ2n) is 27.4. The molecule has 0 saturated carbocycles. The third-order valence-electron chi connectivity index (χ3n) is 18.1. The highest BCUT2D eigenvalue weighted by molar-refractivity contribution is 7.00. The number of benzene rings is 7. The highest BCUT2D eigenvalue weighted by atomic mass is 15.2. The molecule has 2 aliphatic heterocycles. The van der Waals surface area contributed by atoms with E-state index in [2.05, 4.69) is 254 Å². The summed E-state index contributed by atoms with van der Waals surface area (Å²) in [6.45, 7) is 38.8. The molecule has 0 spiro atoms. The predicted octanol–water partition coefficient (Wildman–Crippen LogP) is 17.5. The van der Waals surface area contributed by atoms with Gasteiger partial charge in [-0.3, -0.25) is 0 Å². The average molecular weight is 947 g/mol. The number of anilines is 6. The summed E-state index contributed by atoms with van der Waals surface area (Å²) in [7, 11) is 0. The Morgan fingerprint density at radius 3 is 1.49 bits per heavy atom. The van der Waals surface area contributed by atoms with Crippen LogP contribution < -0.4 is 26.2 Å². The van der Waals surface area contributed by atoms with E-state index < -0.39 is 0 Å². The van der Waals surface area contributed by atoms with E-state index in [1.165, 1.54) is 137 Å². The van der Waals surface area contributed by atoms with Gasteiger partial charge in [-0.2, -0.15) is 0 Å². The molecule has 368 valence electrons. The minimum Gasteiger partial charge on any atom is -0.311 e. The van der Waals surface area contributed by atoms with Crippen LogP contribution in [0.5, 0.6) is 0 Å². The van der Waals surface area contributed by atoms with Gasteiger partial charge in [0.1, 0.15) is 0 Å². The Bertz CT molecular complexity index is 3290. The van der Waals surface area contributed by atoms with Crippen molar-refractivity contribution >= 4 is 57.2 Å². The number of hydrogen-bond acceptors (Lipinski definition) is 2. The molecule has 2 aliphatic carbocycles. The Morgan fingerprint density at radius 2 is 0.903 bits per heavy atom. The summed E-state index contributed by atoms with van der Waals surface area (Å²) in [5.41, 5.74) is 27.1. The maximum atomic E-state index is 2.73. The van der Waals surface area contributed by atoms with E-state index in [9.17, 15) is 0 Å². The van der Waals surface area contributed by atoms with Gasteiger partial charge >= 0.3 is 0 Å². The summed E-state index contributed by atoms with van der Waals surface area (Å²) < 4.78 is 0. The molecular weight excluding hydrogens is 868 g/mol. The summed E-state index contributed by atoms with van der Waals surface area (Å²) in [6, 6.07) is 53.1. The molecule has 0 saturated heterocycles. The maximum absolute atomic E-state index is 2.73. The van der Waals surface area contributed by atoms with Gasteiger partial charge in [0.05, 0.1) is 5.69 Å². The van der Waals surface area contributed by atoms with Crippen LogP contribution in [0.4, 0.5) is 34.1 Å². The molecule has 4 aliphatic rings. The molecule has 0 amide bonds. The molecule has 0 bridgehead atoms. The summed E-state index contributed by atoms with van der Waals surface area (Å²) in [4.78, 5) is 5.41. The SMILES string of the molecule is CC(C)c1cc2c3c(c1)N(c1ccc(C(C)(C)C)cc1-c1ccc(-c4ccccc4)cc1)c1ccc(C(C)(C)C)cc1B3c1cc3c(cc1N2c1ccc2c(c1)C(C)(C)CCC2(C)C)C(C)(C)CCC3(C)C. The fourth-order valence-electron chi connectivity index (χ4n) is 13.0. The van der Waals surface area contributed by atoms with Gasteiger partial charge in [-0.1, -0.05) is 196 Å². The lowest BCUT2D eigenvalue weighted by molar-refractivity contribution is 0.332. The Hall–Kier alpha value is -5.80. The summed E-state index contributed by atoms with van der Waals surface area (Å²) in [5.74, 6) is 0.305. The molecule has 3 heteroatoms. The van der Waals surface area contributed by atoms with Crippen molar-refractivity contribution in [2.75, 3.05) is 9.80 Å². The lowest BCUT2D eigenvalue weighted by Crippen LogP contribution is -2.62. The van der Waals surface area contributed by atoms with Crippen molar-refractivity contribution in [2.24, 2.45) is 0 Å². The Kier molecular flexibility index (Phi) is 11.0. The first-order valence-corrected chi connectivity index (χ1v) is 27.3. The van der Waals surface area contributed by atoms with E-state index in [-0.39, 0.29) is 39.2 Å². The molecule has 72 heavy (non-hydrogen) atoms. The summed E-state index contributed by atoms with van der Waals surface area (Å²) in [5, 5.41) is 0. The Balaban J connectivity index is 1.25. The van der Waals surface area contributed by atoms with Crippen LogP contribution in [0.25, 0.3) is 22.3 Å². The van der Waals surface area contributed by atoms with Crippen LogP contribution in [0.1, 0.15) is 181 Å². The van der Waals surface area contributed by atoms with Crippen molar-refractivity contribution < 1.29 is 0 Å². The summed E-state index contributed by atoms with van der Waals surface area (Å²) >= 11 is 0.